The molecule has 2 heteroatoms. The van der Waals surface area contributed by atoms with Crippen LogP contribution in [0.4, 0.5) is 0 Å². The van der Waals surface area contributed by atoms with Gasteiger partial charge in [-0.2, -0.15) is 0 Å². The second-order valence-corrected chi connectivity index (χ2v) is 4.92. The molecule has 0 aromatic rings. The summed E-state index contributed by atoms with van der Waals surface area (Å²) in [5, 5.41) is 0. The van der Waals surface area contributed by atoms with E-state index in [2.05, 4.69) is 33.1 Å². The van der Waals surface area contributed by atoms with Crippen LogP contribution in [0.3, 0.4) is 0 Å². The van der Waals surface area contributed by atoms with Crippen molar-refractivity contribution in [1.82, 2.24) is 5.43 Å². The van der Waals surface area contributed by atoms with E-state index in [1.807, 2.05) is 0 Å². The molecule has 0 saturated heterocycles. The molecule has 0 aliphatic heterocycles. The van der Waals surface area contributed by atoms with Gasteiger partial charge in [0.1, 0.15) is 0 Å². The molecule has 0 radical (unpaired) electrons. The summed E-state index contributed by atoms with van der Waals surface area (Å²) in [6, 6.07) is 0. The molecular weight excluding hydrogens is 208 g/mol. The van der Waals surface area contributed by atoms with E-state index >= 15 is 0 Å². The largest absolute Gasteiger partial charge is 0.328 e. The van der Waals surface area contributed by atoms with Crippen molar-refractivity contribution < 1.29 is 0 Å². The van der Waals surface area contributed by atoms with E-state index in [1.54, 1.807) is 5.57 Å². The van der Waals surface area contributed by atoms with Crippen molar-refractivity contribution in [2.24, 2.45) is 11.8 Å². The lowest BCUT2D eigenvalue weighted by atomic mass is 9.85. The molecule has 0 unspecified atom stereocenters. The van der Waals surface area contributed by atoms with E-state index in [-0.39, 0.29) is 0 Å². The summed E-state index contributed by atoms with van der Waals surface area (Å²) in [4.78, 5) is 0. The Hall–Kier alpha value is -0.500. The maximum Gasteiger partial charge on any atom is 0.0254 e. The molecule has 17 heavy (non-hydrogen) atoms. The summed E-state index contributed by atoms with van der Waals surface area (Å²) >= 11 is 0. The third kappa shape index (κ3) is 6.11. The Kier molecular flexibility index (Phi) is 10.3. The Labute approximate surface area is 108 Å². The highest BCUT2D eigenvalue weighted by molar-refractivity contribution is 5.15. The van der Waals surface area contributed by atoms with E-state index in [0.29, 0.717) is 0 Å². The Bertz CT molecular complexity index is 203. The normalized spacial score (nSPS) is 12.8. The number of hydrogen-bond acceptors (Lipinski definition) is 2. The van der Waals surface area contributed by atoms with E-state index in [1.165, 1.54) is 44.2 Å². The van der Waals surface area contributed by atoms with Gasteiger partial charge in [0.05, 0.1) is 0 Å². The van der Waals surface area contributed by atoms with Gasteiger partial charge >= 0.3 is 0 Å². The topological polar surface area (TPSA) is 38.0 Å². The average molecular weight is 240 g/mol. The van der Waals surface area contributed by atoms with Crippen LogP contribution in [-0.4, -0.2) is 0 Å². The monoisotopic (exact) mass is 240 g/mol. The number of nitrogens with one attached hydrogen (secondary N) is 1. The summed E-state index contributed by atoms with van der Waals surface area (Å²) in [7, 11) is 0. The molecule has 0 rings (SSSR count). The zero-order valence-corrected chi connectivity index (χ0v) is 12.3. The Morgan fingerprint density at radius 3 is 1.76 bits per heavy atom. The fraction of sp³-hybridized carbons (Fsp3) is 0.867. The van der Waals surface area contributed by atoms with Crippen LogP contribution in [0.2, 0.25) is 0 Å². The van der Waals surface area contributed by atoms with Crippen LogP contribution in [0.5, 0.6) is 0 Å². The lowest BCUT2D eigenvalue weighted by Gasteiger charge is -2.23. The smallest absolute Gasteiger partial charge is 0.0254 e. The van der Waals surface area contributed by atoms with Crippen LogP contribution in [0.15, 0.2) is 11.3 Å². The molecule has 0 aliphatic rings. The van der Waals surface area contributed by atoms with Crippen LogP contribution in [0.25, 0.3) is 0 Å². The first-order valence-corrected chi connectivity index (χ1v) is 7.43. The van der Waals surface area contributed by atoms with Crippen LogP contribution < -0.4 is 11.3 Å². The average Bonchev–Trinajstić information content (AvgIpc) is 2.33. The predicted octanol–water partition coefficient (Wildman–Crippen LogP) is 4.52. The van der Waals surface area contributed by atoms with Crippen LogP contribution in [-0.2, 0) is 0 Å². The maximum absolute atomic E-state index is 5.71. The lowest BCUT2D eigenvalue weighted by molar-refractivity contribution is 0.475. The summed E-state index contributed by atoms with van der Waals surface area (Å²) in [6.07, 6.45) is 9.81. The third-order valence-corrected chi connectivity index (χ3v) is 3.35. The van der Waals surface area contributed by atoms with Crippen molar-refractivity contribution in [2.75, 3.05) is 0 Å². The SMILES string of the molecule is CCCC(NN)=C(CCC)C(CCC)CCC. The van der Waals surface area contributed by atoms with Crippen molar-refractivity contribution in [1.29, 1.82) is 0 Å². The minimum Gasteiger partial charge on any atom is -0.328 e. The first-order valence-electron chi connectivity index (χ1n) is 7.43. The Morgan fingerprint density at radius 2 is 1.41 bits per heavy atom. The van der Waals surface area contributed by atoms with Gasteiger partial charge < -0.3 is 5.43 Å². The first kappa shape index (κ1) is 16.5. The molecule has 0 spiro atoms. The van der Waals surface area contributed by atoms with Gasteiger partial charge in [0.2, 0.25) is 0 Å². The number of hydrogen-bond donors (Lipinski definition) is 2. The van der Waals surface area contributed by atoms with Gasteiger partial charge in [-0.05, 0) is 37.2 Å². The molecule has 3 N–H and O–H groups in total. The fourth-order valence-corrected chi connectivity index (χ4v) is 2.64. The van der Waals surface area contributed by atoms with Gasteiger partial charge in [-0.1, -0.05) is 53.4 Å². The van der Waals surface area contributed by atoms with Crippen molar-refractivity contribution >= 4 is 0 Å². The molecule has 0 saturated carbocycles. The molecular formula is C15H32N2. The molecule has 0 amide bonds. The Balaban J connectivity index is 4.95. The zero-order valence-electron chi connectivity index (χ0n) is 12.3. The van der Waals surface area contributed by atoms with Gasteiger partial charge in [-0.15, -0.1) is 0 Å². The standard InChI is InChI=1S/C15H32N2/c1-5-9-13(10-6-2)14(11-7-3)15(17-16)12-8-4/h13,17H,5-12,16H2,1-4H3. The molecule has 0 bridgehead atoms. The Morgan fingerprint density at radius 1 is 0.882 bits per heavy atom. The van der Waals surface area contributed by atoms with Gasteiger partial charge in [0.15, 0.2) is 0 Å². The molecule has 0 atom stereocenters. The summed E-state index contributed by atoms with van der Waals surface area (Å²) in [5.41, 5.74) is 5.87. The molecule has 2 nitrogen and oxygen atoms in total. The summed E-state index contributed by atoms with van der Waals surface area (Å²) < 4.78 is 0. The molecule has 0 aliphatic carbocycles. The molecule has 0 aromatic heterocycles. The van der Waals surface area contributed by atoms with Crippen molar-refractivity contribution in [3.63, 3.8) is 0 Å². The second kappa shape index (κ2) is 10.6. The minimum absolute atomic E-state index is 0.738. The van der Waals surface area contributed by atoms with Gasteiger partial charge in [-0.25, -0.2) is 0 Å². The summed E-state index contributed by atoms with van der Waals surface area (Å²) in [5.74, 6) is 6.45. The zero-order chi connectivity index (χ0) is 13.1. The second-order valence-electron chi connectivity index (χ2n) is 4.92. The van der Waals surface area contributed by atoms with Crippen LogP contribution in [0, 0.1) is 5.92 Å². The van der Waals surface area contributed by atoms with Crippen molar-refractivity contribution in [3.05, 3.63) is 11.3 Å². The van der Waals surface area contributed by atoms with Crippen molar-refractivity contribution in [3.8, 4) is 0 Å². The highest BCUT2D eigenvalue weighted by atomic mass is 15.2. The summed E-state index contributed by atoms with van der Waals surface area (Å²) in [6.45, 7) is 9.04. The predicted molar refractivity (Wildman–Crippen MR) is 77.5 cm³/mol. The molecule has 102 valence electrons. The fourth-order valence-electron chi connectivity index (χ4n) is 2.64. The number of nitrogens with two attached hydrogens (primary N) is 1. The van der Waals surface area contributed by atoms with Crippen LogP contribution in [0.1, 0.15) is 79.1 Å². The van der Waals surface area contributed by atoms with Crippen LogP contribution >= 0.6 is 0 Å². The van der Waals surface area contributed by atoms with Gasteiger partial charge in [0.25, 0.3) is 0 Å². The minimum atomic E-state index is 0.738. The maximum atomic E-state index is 5.71. The lowest BCUT2D eigenvalue weighted by Crippen LogP contribution is -2.25. The number of hydrazine groups is 1. The number of allylic oxidation sites excluding steroid dienone is 2. The van der Waals surface area contributed by atoms with E-state index < -0.39 is 0 Å². The molecule has 0 aromatic carbocycles. The van der Waals surface area contributed by atoms with Gasteiger partial charge in [0, 0.05) is 5.70 Å². The number of rotatable bonds is 10. The third-order valence-electron chi connectivity index (χ3n) is 3.35. The van der Waals surface area contributed by atoms with Gasteiger partial charge in [-0.3, -0.25) is 5.84 Å². The van der Waals surface area contributed by atoms with E-state index in [0.717, 1.165) is 18.8 Å². The quantitative estimate of drug-likeness (QED) is 0.435. The van der Waals surface area contributed by atoms with E-state index in [4.69, 9.17) is 5.84 Å². The molecule has 0 heterocycles. The first-order chi connectivity index (χ1) is 8.24. The molecule has 0 fully saturated rings. The van der Waals surface area contributed by atoms with Crippen molar-refractivity contribution in [2.45, 2.75) is 79.1 Å². The highest BCUT2D eigenvalue weighted by Crippen LogP contribution is 2.29. The highest BCUT2D eigenvalue weighted by Gasteiger charge is 2.16. The van der Waals surface area contributed by atoms with E-state index in [9.17, 15) is 0 Å².